The first kappa shape index (κ1) is 35.7. The smallest absolute Gasteiger partial charge is 0.387 e. The van der Waals surface area contributed by atoms with E-state index in [-0.39, 0.29) is 64.0 Å². The molecule has 2 atom stereocenters. The number of hydrogen-bond donors (Lipinski definition) is 0. The summed E-state index contributed by atoms with van der Waals surface area (Å²) in [4.78, 5) is 31.3. The second-order valence-electron chi connectivity index (χ2n) is 11.5. The number of rotatable bonds is 13. The van der Waals surface area contributed by atoms with Gasteiger partial charge in [-0.05, 0) is 60.2 Å². The van der Waals surface area contributed by atoms with E-state index in [2.05, 4.69) is 9.72 Å². The lowest BCUT2D eigenvalue weighted by Gasteiger charge is -2.32. The van der Waals surface area contributed by atoms with Gasteiger partial charge in [-0.15, -0.1) is 0 Å². The van der Waals surface area contributed by atoms with Gasteiger partial charge in [0.05, 0.1) is 34.7 Å². The van der Waals surface area contributed by atoms with Crippen LogP contribution in [0.1, 0.15) is 40.4 Å². The molecule has 48 heavy (non-hydrogen) atoms. The number of morpholine rings is 1. The van der Waals surface area contributed by atoms with E-state index in [0.717, 1.165) is 17.1 Å². The quantitative estimate of drug-likeness (QED) is 0.213. The lowest BCUT2D eigenvalue weighted by atomic mass is 10.0. The molecule has 0 spiro atoms. The van der Waals surface area contributed by atoms with Gasteiger partial charge >= 0.3 is 12.6 Å². The van der Waals surface area contributed by atoms with Crippen LogP contribution in [0.15, 0.2) is 59.8 Å². The fraction of sp³-hybridized carbons (Fsp3) is 0.406. The number of carbonyl (C=O) groups excluding carboxylic acids is 2. The molecule has 1 aliphatic heterocycles. The first-order valence-corrected chi connectivity index (χ1v) is 17.2. The van der Waals surface area contributed by atoms with Gasteiger partial charge in [-0.2, -0.15) is 13.1 Å². The third-order valence-electron chi connectivity index (χ3n) is 7.74. The van der Waals surface area contributed by atoms with Crippen LogP contribution in [0, 0.1) is 5.92 Å². The molecule has 0 bridgehead atoms. The number of aromatic nitrogens is 1. The van der Waals surface area contributed by atoms with E-state index in [9.17, 15) is 26.8 Å². The summed E-state index contributed by atoms with van der Waals surface area (Å²) < 4.78 is 76.7. The lowest BCUT2D eigenvalue weighted by Crippen LogP contribution is -2.49. The zero-order valence-corrected chi connectivity index (χ0v) is 28.3. The molecule has 0 unspecified atom stereocenters. The molecule has 0 N–H and O–H groups in total. The van der Waals surface area contributed by atoms with Crippen LogP contribution in [0.3, 0.4) is 0 Å². The molecule has 0 radical (unpaired) electrons. The monoisotopic (exact) mass is 727 g/mol. The van der Waals surface area contributed by atoms with E-state index in [1.54, 1.807) is 14.1 Å². The number of esters is 1. The van der Waals surface area contributed by atoms with Crippen LogP contribution in [-0.4, -0.2) is 87.6 Å². The molecule has 3 aromatic rings. The Morgan fingerprint density at radius 2 is 1.81 bits per heavy atom. The Morgan fingerprint density at radius 1 is 1.08 bits per heavy atom. The minimum absolute atomic E-state index is 0.0360. The summed E-state index contributed by atoms with van der Waals surface area (Å²) in [6.07, 6.45) is 2.19. The predicted molar refractivity (Wildman–Crippen MR) is 171 cm³/mol. The Morgan fingerprint density at radius 3 is 2.48 bits per heavy atom. The molecular formula is C32H33Cl2F2N3O8S. The van der Waals surface area contributed by atoms with E-state index in [1.165, 1.54) is 59.8 Å². The largest absolute Gasteiger partial charge is 0.489 e. The third kappa shape index (κ3) is 8.72. The van der Waals surface area contributed by atoms with E-state index >= 15 is 0 Å². The fourth-order valence-electron chi connectivity index (χ4n) is 4.97. The summed E-state index contributed by atoms with van der Waals surface area (Å²) in [6.45, 7) is -3.33. The maximum absolute atomic E-state index is 13.6. The number of halogens is 4. The summed E-state index contributed by atoms with van der Waals surface area (Å²) in [5.74, 6) is -1.10. The van der Waals surface area contributed by atoms with Gasteiger partial charge in [0.1, 0.15) is 6.10 Å². The zero-order valence-electron chi connectivity index (χ0n) is 26.0. The molecule has 11 nitrogen and oxygen atoms in total. The van der Waals surface area contributed by atoms with Crippen molar-refractivity contribution in [3.8, 4) is 11.5 Å². The van der Waals surface area contributed by atoms with Crippen molar-refractivity contribution in [2.45, 2.75) is 43.0 Å². The predicted octanol–water partition coefficient (Wildman–Crippen LogP) is 5.40. The van der Waals surface area contributed by atoms with Crippen molar-refractivity contribution in [2.24, 2.45) is 5.92 Å². The molecule has 1 saturated heterocycles. The number of alkyl halides is 2. The topological polar surface area (TPSA) is 125 Å². The minimum atomic E-state index is -4.14. The normalized spacial score (nSPS) is 17.5. The van der Waals surface area contributed by atoms with Gasteiger partial charge in [-0.3, -0.25) is 9.78 Å². The van der Waals surface area contributed by atoms with Gasteiger partial charge in [-0.25, -0.2) is 13.2 Å². The van der Waals surface area contributed by atoms with Crippen molar-refractivity contribution in [2.75, 3.05) is 40.4 Å². The number of ether oxygens (including phenoxy) is 4. The number of hydrogen-bond acceptors (Lipinski definition) is 9. The lowest BCUT2D eigenvalue weighted by molar-refractivity contribution is -0.166. The molecule has 5 rings (SSSR count). The molecule has 1 amide bonds. The number of pyridine rings is 1. The van der Waals surface area contributed by atoms with Crippen LogP contribution in [0.4, 0.5) is 8.78 Å². The molecule has 2 heterocycles. The highest BCUT2D eigenvalue weighted by molar-refractivity contribution is 7.89. The van der Waals surface area contributed by atoms with E-state index in [1.807, 2.05) is 0 Å². The standard InChI is InChI=1S/C32H33Cl2F2N3O8S/c1-38(2)30(40)21-4-3-5-22(12-21)48(42,43)39-10-11-44-29(17-39)31(41)46-27(14-23-24(33)15-37-16-25(23)34)20-8-9-26(47-32(35)36)28(13-20)45-18-19-6-7-19/h3-5,8-9,12-13,15-16,19,27,29,32H,6-7,10-11,14,17-18H2,1-2H3/t27-,29-/m0/s1. The van der Waals surface area contributed by atoms with Gasteiger partial charge in [0.15, 0.2) is 17.6 Å². The maximum Gasteiger partial charge on any atom is 0.387 e. The maximum atomic E-state index is 13.6. The second kappa shape index (κ2) is 15.3. The molecule has 2 aromatic carbocycles. The highest BCUT2D eigenvalue weighted by Crippen LogP contribution is 2.38. The molecule has 1 saturated carbocycles. The molecule has 1 aromatic heterocycles. The van der Waals surface area contributed by atoms with Crippen LogP contribution < -0.4 is 9.47 Å². The Labute approximate surface area is 286 Å². The average Bonchev–Trinajstić information content (AvgIpc) is 3.89. The number of carbonyl (C=O) groups is 2. The fourth-order valence-corrected chi connectivity index (χ4v) is 6.96. The molecule has 2 aliphatic rings. The highest BCUT2D eigenvalue weighted by Gasteiger charge is 2.37. The third-order valence-corrected chi connectivity index (χ3v) is 10.3. The van der Waals surface area contributed by atoms with E-state index in [4.69, 9.17) is 37.4 Å². The van der Waals surface area contributed by atoms with Gasteiger partial charge in [0.25, 0.3) is 5.91 Å². The van der Waals surface area contributed by atoms with Gasteiger partial charge in [0.2, 0.25) is 10.0 Å². The van der Waals surface area contributed by atoms with Crippen LogP contribution in [-0.2, 0) is 30.7 Å². The van der Waals surface area contributed by atoms with Crippen LogP contribution in [0.2, 0.25) is 10.0 Å². The Kier molecular flexibility index (Phi) is 11.4. The number of benzene rings is 2. The number of amides is 1. The van der Waals surface area contributed by atoms with Crippen molar-refractivity contribution in [3.63, 3.8) is 0 Å². The summed E-state index contributed by atoms with van der Waals surface area (Å²) in [5, 5.41) is 0.403. The molecule has 16 heteroatoms. The van der Waals surface area contributed by atoms with E-state index in [0.29, 0.717) is 23.7 Å². The van der Waals surface area contributed by atoms with Crippen LogP contribution in [0.5, 0.6) is 11.5 Å². The van der Waals surface area contributed by atoms with Crippen molar-refractivity contribution in [3.05, 3.63) is 81.6 Å². The summed E-state index contributed by atoms with van der Waals surface area (Å²) in [7, 11) is -1.03. The summed E-state index contributed by atoms with van der Waals surface area (Å²) >= 11 is 12.8. The Balaban J connectivity index is 1.40. The summed E-state index contributed by atoms with van der Waals surface area (Å²) in [6, 6.07) is 9.81. The number of nitrogens with zero attached hydrogens (tertiary/aromatic N) is 3. The molecule has 2 fully saturated rings. The second-order valence-corrected chi connectivity index (χ2v) is 14.3. The van der Waals surface area contributed by atoms with Crippen molar-refractivity contribution in [1.29, 1.82) is 0 Å². The first-order valence-electron chi connectivity index (χ1n) is 15.0. The van der Waals surface area contributed by atoms with Crippen molar-refractivity contribution < 1.29 is 45.7 Å². The average molecular weight is 729 g/mol. The van der Waals surface area contributed by atoms with Crippen LogP contribution in [0.25, 0.3) is 0 Å². The summed E-state index contributed by atoms with van der Waals surface area (Å²) in [5.41, 5.74) is 0.940. The first-order chi connectivity index (χ1) is 22.8. The minimum Gasteiger partial charge on any atom is -0.489 e. The van der Waals surface area contributed by atoms with Crippen LogP contribution >= 0.6 is 23.2 Å². The Hall–Kier alpha value is -3.56. The van der Waals surface area contributed by atoms with E-state index < -0.39 is 34.8 Å². The molecule has 1 aliphatic carbocycles. The zero-order chi connectivity index (χ0) is 34.6. The highest BCUT2D eigenvalue weighted by atomic mass is 35.5. The van der Waals surface area contributed by atoms with Gasteiger partial charge in [0, 0.05) is 45.0 Å². The van der Waals surface area contributed by atoms with Gasteiger partial charge < -0.3 is 23.8 Å². The SMILES string of the molecule is CN(C)C(=O)c1cccc(S(=O)(=O)N2CCO[C@H](C(=O)O[C@@H](Cc3c(Cl)cncc3Cl)c3ccc(OC(F)F)c(OCC4CC4)c3)C2)c1. The molecular weight excluding hydrogens is 695 g/mol. The van der Waals surface area contributed by atoms with Crippen molar-refractivity contribution >= 4 is 45.1 Å². The van der Waals surface area contributed by atoms with Gasteiger partial charge in [-0.1, -0.05) is 35.3 Å². The number of sulfonamides is 1. The van der Waals surface area contributed by atoms with Crippen molar-refractivity contribution in [1.82, 2.24) is 14.2 Å². The Bertz CT molecular complexity index is 1740. The molecule has 258 valence electrons.